The molecule has 1 aliphatic rings. The Balaban J connectivity index is 1.83. The van der Waals surface area contributed by atoms with Crippen LogP contribution in [-0.4, -0.2) is 73.0 Å². The number of sulfonamides is 1. The Hall–Kier alpha value is -1.97. The quantitative estimate of drug-likeness (QED) is 0.586. The van der Waals surface area contributed by atoms with Crippen molar-refractivity contribution < 1.29 is 17.9 Å². The van der Waals surface area contributed by atoms with Gasteiger partial charge in [0.15, 0.2) is 0 Å². The Morgan fingerprint density at radius 2 is 2.06 bits per heavy atom. The van der Waals surface area contributed by atoms with Crippen molar-refractivity contribution in [1.29, 1.82) is 0 Å². The van der Waals surface area contributed by atoms with Crippen molar-refractivity contribution in [3.63, 3.8) is 0 Å². The van der Waals surface area contributed by atoms with Gasteiger partial charge in [-0.05, 0) is 31.0 Å². The van der Waals surface area contributed by atoms with Gasteiger partial charge >= 0.3 is 0 Å². The van der Waals surface area contributed by atoms with Gasteiger partial charge in [0.1, 0.15) is 5.82 Å². The number of aryl methyl sites for hydroxylation is 2. The van der Waals surface area contributed by atoms with E-state index in [-0.39, 0.29) is 16.9 Å². The van der Waals surface area contributed by atoms with E-state index < -0.39 is 10.0 Å². The van der Waals surface area contributed by atoms with Gasteiger partial charge in [-0.1, -0.05) is 20.3 Å². The minimum Gasteiger partial charge on any atom is -0.375 e. The molecule has 3 rings (SSSR count). The third-order valence-electron chi connectivity index (χ3n) is 5.82. The van der Waals surface area contributed by atoms with Crippen molar-refractivity contribution >= 4 is 27.0 Å². The number of benzene rings is 1. The summed E-state index contributed by atoms with van der Waals surface area (Å²) in [5, 5.41) is 0. The molecule has 0 spiro atoms. The zero-order valence-electron chi connectivity index (χ0n) is 19.0. The van der Waals surface area contributed by atoms with E-state index >= 15 is 0 Å². The van der Waals surface area contributed by atoms with E-state index in [0.717, 1.165) is 37.1 Å². The molecule has 31 heavy (non-hydrogen) atoms. The minimum atomic E-state index is -3.53. The van der Waals surface area contributed by atoms with Crippen LogP contribution in [-0.2, 0) is 32.5 Å². The molecule has 0 aliphatic carbocycles. The molecule has 1 amide bonds. The Kier molecular flexibility index (Phi) is 7.72. The first kappa shape index (κ1) is 23.7. The number of ether oxygens (including phenoxy) is 1. The van der Waals surface area contributed by atoms with Crippen LogP contribution in [0.3, 0.4) is 0 Å². The number of carbonyl (C=O) groups excluding carboxylic acids is 1. The second-order valence-corrected chi connectivity index (χ2v) is 10.4. The van der Waals surface area contributed by atoms with Gasteiger partial charge in [-0.2, -0.15) is 0 Å². The summed E-state index contributed by atoms with van der Waals surface area (Å²) in [4.78, 5) is 19.6. The fraction of sp³-hybridized carbons (Fsp3) is 0.636. The minimum absolute atomic E-state index is 0.115. The molecule has 0 N–H and O–H groups in total. The van der Waals surface area contributed by atoms with Crippen LogP contribution in [0.25, 0.3) is 11.0 Å². The largest absolute Gasteiger partial charge is 0.375 e. The molecule has 1 saturated heterocycles. The molecule has 1 atom stereocenters. The number of carbonyl (C=O) groups is 1. The van der Waals surface area contributed by atoms with Gasteiger partial charge in [0, 0.05) is 46.6 Å². The smallest absolute Gasteiger partial charge is 0.242 e. The van der Waals surface area contributed by atoms with Crippen LogP contribution in [0.15, 0.2) is 23.1 Å². The summed E-state index contributed by atoms with van der Waals surface area (Å²) in [6.45, 7) is 6.86. The predicted octanol–water partition coefficient (Wildman–Crippen LogP) is 2.66. The summed E-state index contributed by atoms with van der Waals surface area (Å²) >= 11 is 0. The van der Waals surface area contributed by atoms with Gasteiger partial charge < -0.3 is 14.2 Å². The molecule has 1 fully saturated rings. The number of imidazole rings is 1. The van der Waals surface area contributed by atoms with Gasteiger partial charge in [-0.3, -0.25) is 4.79 Å². The van der Waals surface area contributed by atoms with E-state index in [1.54, 1.807) is 12.1 Å². The van der Waals surface area contributed by atoms with Crippen molar-refractivity contribution in [3.8, 4) is 0 Å². The monoisotopic (exact) mass is 450 g/mol. The molecule has 172 valence electrons. The SMILES string of the molecule is CCCCn1c(CCC(=O)N2CCOC(CC)C2)nc2cc(S(=O)(=O)N(C)C)ccc21. The molecular weight excluding hydrogens is 416 g/mol. The van der Waals surface area contributed by atoms with Gasteiger partial charge in [-0.15, -0.1) is 0 Å². The molecule has 2 heterocycles. The second-order valence-electron chi connectivity index (χ2n) is 8.21. The van der Waals surface area contributed by atoms with Gasteiger partial charge in [0.05, 0.1) is 28.6 Å². The van der Waals surface area contributed by atoms with Gasteiger partial charge in [0.2, 0.25) is 15.9 Å². The van der Waals surface area contributed by atoms with Crippen LogP contribution in [0.5, 0.6) is 0 Å². The first-order valence-corrected chi connectivity index (χ1v) is 12.5. The highest BCUT2D eigenvalue weighted by Crippen LogP contribution is 2.23. The van der Waals surface area contributed by atoms with Crippen LogP contribution in [0, 0.1) is 0 Å². The summed E-state index contributed by atoms with van der Waals surface area (Å²) in [6.07, 6.45) is 3.96. The fourth-order valence-corrected chi connectivity index (χ4v) is 4.78. The Bertz CT molecular complexity index is 1020. The Morgan fingerprint density at radius 1 is 1.29 bits per heavy atom. The molecule has 0 saturated carbocycles. The normalized spacial score (nSPS) is 17.6. The number of hydrogen-bond donors (Lipinski definition) is 0. The summed E-state index contributed by atoms with van der Waals surface area (Å²) in [6, 6.07) is 5.09. The predicted molar refractivity (Wildman–Crippen MR) is 120 cm³/mol. The molecule has 0 radical (unpaired) electrons. The Morgan fingerprint density at radius 3 is 2.74 bits per heavy atom. The maximum atomic E-state index is 12.8. The molecular formula is C22H34N4O4S. The van der Waals surface area contributed by atoms with E-state index in [1.807, 2.05) is 11.0 Å². The lowest BCUT2D eigenvalue weighted by molar-refractivity contribution is -0.138. The average molecular weight is 451 g/mol. The summed E-state index contributed by atoms with van der Waals surface area (Å²) < 4.78 is 34.0. The number of unbranched alkanes of at least 4 members (excludes halogenated alkanes) is 1. The maximum absolute atomic E-state index is 12.8. The number of morpholine rings is 1. The molecule has 9 heteroatoms. The summed E-state index contributed by atoms with van der Waals surface area (Å²) in [5.74, 6) is 0.947. The lowest BCUT2D eigenvalue weighted by atomic mass is 10.2. The Labute approximate surface area is 185 Å². The standard InChI is InChI=1S/C22H34N4O4S/c1-5-7-12-26-20-9-8-18(31(28,29)24(3)4)15-19(20)23-21(26)10-11-22(27)25-13-14-30-17(6-2)16-25/h8-9,15,17H,5-7,10-14,16H2,1-4H3. The molecule has 1 aromatic carbocycles. The summed E-state index contributed by atoms with van der Waals surface area (Å²) in [5.41, 5.74) is 1.56. The molecule has 1 aromatic heterocycles. The molecule has 8 nitrogen and oxygen atoms in total. The zero-order chi connectivity index (χ0) is 22.6. The highest BCUT2D eigenvalue weighted by Gasteiger charge is 2.24. The van der Waals surface area contributed by atoms with Crippen molar-refractivity contribution in [2.45, 2.75) is 63.5 Å². The van der Waals surface area contributed by atoms with E-state index in [9.17, 15) is 13.2 Å². The van der Waals surface area contributed by atoms with Crippen molar-refractivity contribution in [3.05, 3.63) is 24.0 Å². The molecule has 2 aromatic rings. The first-order chi connectivity index (χ1) is 14.8. The number of hydrogen-bond acceptors (Lipinski definition) is 5. The van der Waals surface area contributed by atoms with Crippen LogP contribution >= 0.6 is 0 Å². The van der Waals surface area contributed by atoms with E-state index in [1.165, 1.54) is 18.4 Å². The summed E-state index contributed by atoms with van der Waals surface area (Å²) in [7, 11) is -0.488. The molecule has 1 aliphatic heterocycles. The fourth-order valence-electron chi connectivity index (χ4n) is 3.86. The average Bonchev–Trinajstić information content (AvgIpc) is 3.12. The highest BCUT2D eigenvalue weighted by molar-refractivity contribution is 7.89. The zero-order valence-corrected chi connectivity index (χ0v) is 19.8. The molecule has 1 unspecified atom stereocenters. The van der Waals surface area contributed by atoms with Crippen molar-refractivity contribution in [2.75, 3.05) is 33.8 Å². The van der Waals surface area contributed by atoms with Crippen LogP contribution in [0.4, 0.5) is 0 Å². The van der Waals surface area contributed by atoms with Crippen LogP contribution in [0.1, 0.15) is 45.4 Å². The topological polar surface area (TPSA) is 84.7 Å². The lowest BCUT2D eigenvalue weighted by Gasteiger charge is -2.32. The third-order valence-corrected chi connectivity index (χ3v) is 7.63. The van der Waals surface area contributed by atoms with E-state index in [2.05, 4.69) is 18.4 Å². The number of amides is 1. The number of fused-ring (bicyclic) bond motifs is 1. The second kappa shape index (κ2) is 10.1. The highest BCUT2D eigenvalue weighted by atomic mass is 32.2. The third kappa shape index (κ3) is 5.27. The van der Waals surface area contributed by atoms with E-state index in [0.29, 0.717) is 38.1 Å². The van der Waals surface area contributed by atoms with Gasteiger partial charge in [0.25, 0.3) is 0 Å². The number of aromatic nitrogens is 2. The van der Waals surface area contributed by atoms with Crippen LogP contribution < -0.4 is 0 Å². The lowest BCUT2D eigenvalue weighted by Crippen LogP contribution is -2.45. The van der Waals surface area contributed by atoms with Crippen molar-refractivity contribution in [2.24, 2.45) is 0 Å². The first-order valence-electron chi connectivity index (χ1n) is 11.1. The van der Waals surface area contributed by atoms with Crippen molar-refractivity contribution in [1.82, 2.24) is 18.8 Å². The maximum Gasteiger partial charge on any atom is 0.242 e. The number of nitrogens with zero attached hydrogens (tertiary/aromatic N) is 4. The van der Waals surface area contributed by atoms with Crippen LogP contribution in [0.2, 0.25) is 0 Å². The van der Waals surface area contributed by atoms with E-state index in [4.69, 9.17) is 9.72 Å². The van der Waals surface area contributed by atoms with Gasteiger partial charge in [-0.25, -0.2) is 17.7 Å². The molecule has 0 bridgehead atoms. The number of rotatable bonds is 9.